The number of aromatic nitrogens is 2. The SMILES string of the molecule is O=C(/C=C\c1ccc2c(c1)OCO2)N1CCCC(Cc2nc(C3CC3)no2)C1. The van der Waals surface area contributed by atoms with E-state index < -0.39 is 0 Å². The summed E-state index contributed by atoms with van der Waals surface area (Å²) in [5.74, 6) is 3.92. The molecule has 5 rings (SSSR count). The fourth-order valence-corrected chi connectivity index (χ4v) is 3.83. The standard InChI is InChI=1S/C21H23N3O4/c25-20(8-4-14-3-7-17-18(10-14)27-13-26-17)24-9-1-2-15(12-24)11-19-22-21(23-28-19)16-5-6-16/h3-4,7-8,10,15-16H,1-2,5-6,9,11-13H2/b8-4-. The van der Waals surface area contributed by atoms with Crippen molar-refractivity contribution in [2.24, 2.45) is 5.92 Å². The van der Waals surface area contributed by atoms with Gasteiger partial charge in [-0.15, -0.1) is 0 Å². The van der Waals surface area contributed by atoms with Crippen molar-refractivity contribution >= 4 is 12.0 Å². The number of carbonyl (C=O) groups is 1. The third-order valence-corrected chi connectivity index (χ3v) is 5.54. The van der Waals surface area contributed by atoms with E-state index in [1.807, 2.05) is 29.2 Å². The molecule has 0 spiro atoms. The number of carbonyl (C=O) groups excluding carboxylic acids is 1. The van der Waals surface area contributed by atoms with Crippen LogP contribution in [0.25, 0.3) is 6.08 Å². The van der Waals surface area contributed by atoms with E-state index in [1.165, 1.54) is 12.8 Å². The van der Waals surface area contributed by atoms with Crippen LogP contribution in [-0.4, -0.2) is 40.8 Å². The Bertz CT molecular complexity index is 903. The predicted molar refractivity (Wildman–Crippen MR) is 101 cm³/mol. The molecular weight excluding hydrogens is 358 g/mol. The summed E-state index contributed by atoms with van der Waals surface area (Å²) in [6.07, 6.45) is 8.62. The Morgan fingerprint density at radius 1 is 1.21 bits per heavy atom. The van der Waals surface area contributed by atoms with Gasteiger partial charge in [-0.05, 0) is 55.4 Å². The lowest BCUT2D eigenvalue weighted by Gasteiger charge is -2.31. The highest BCUT2D eigenvalue weighted by molar-refractivity contribution is 5.92. The van der Waals surface area contributed by atoms with Gasteiger partial charge < -0.3 is 18.9 Å². The van der Waals surface area contributed by atoms with Crippen molar-refractivity contribution in [2.75, 3.05) is 19.9 Å². The summed E-state index contributed by atoms with van der Waals surface area (Å²) < 4.78 is 16.1. The number of hydrogen-bond donors (Lipinski definition) is 0. The summed E-state index contributed by atoms with van der Waals surface area (Å²) >= 11 is 0. The third-order valence-electron chi connectivity index (χ3n) is 5.54. The Balaban J connectivity index is 1.18. The first-order chi connectivity index (χ1) is 13.7. The van der Waals surface area contributed by atoms with Crippen LogP contribution < -0.4 is 9.47 Å². The van der Waals surface area contributed by atoms with Gasteiger partial charge in [0.2, 0.25) is 18.6 Å². The average molecular weight is 381 g/mol. The molecule has 1 unspecified atom stereocenters. The van der Waals surface area contributed by atoms with Gasteiger partial charge >= 0.3 is 0 Å². The molecule has 1 aliphatic carbocycles. The Kier molecular flexibility index (Phi) is 4.50. The Labute approximate surface area is 163 Å². The van der Waals surface area contributed by atoms with E-state index in [-0.39, 0.29) is 12.7 Å². The predicted octanol–water partition coefficient (Wildman–Crippen LogP) is 3.17. The van der Waals surface area contributed by atoms with Crippen molar-refractivity contribution in [3.63, 3.8) is 0 Å². The van der Waals surface area contributed by atoms with Crippen LogP contribution in [0.4, 0.5) is 0 Å². The summed E-state index contributed by atoms with van der Waals surface area (Å²) in [5, 5.41) is 4.09. The average Bonchev–Trinajstić information content (AvgIpc) is 3.28. The van der Waals surface area contributed by atoms with E-state index in [2.05, 4.69) is 10.1 Å². The highest BCUT2D eigenvalue weighted by Crippen LogP contribution is 2.38. The van der Waals surface area contributed by atoms with Crippen molar-refractivity contribution in [3.05, 3.63) is 41.6 Å². The van der Waals surface area contributed by atoms with Crippen molar-refractivity contribution in [1.82, 2.24) is 15.0 Å². The van der Waals surface area contributed by atoms with Crippen LogP contribution in [0.15, 0.2) is 28.8 Å². The second kappa shape index (κ2) is 7.30. The van der Waals surface area contributed by atoms with Crippen LogP contribution in [0.1, 0.15) is 48.9 Å². The molecule has 1 atom stereocenters. The molecule has 0 bridgehead atoms. The number of nitrogens with zero attached hydrogens (tertiary/aromatic N) is 3. The number of rotatable bonds is 5. The van der Waals surface area contributed by atoms with Gasteiger partial charge in [-0.3, -0.25) is 4.79 Å². The number of piperidine rings is 1. The van der Waals surface area contributed by atoms with E-state index in [1.54, 1.807) is 6.08 Å². The summed E-state index contributed by atoms with van der Waals surface area (Å²) in [7, 11) is 0. The third kappa shape index (κ3) is 3.74. The van der Waals surface area contributed by atoms with Crippen molar-refractivity contribution in [1.29, 1.82) is 0 Å². The monoisotopic (exact) mass is 381 g/mol. The maximum atomic E-state index is 12.6. The van der Waals surface area contributed by atoms with Crippen LogP contribution in [-0.2, 0) is 11.2 Å². The molecule has 0 N–H and O–H groups in total. The molecule has 1 saturated carbocycles. The lowest BCUT2D eigenvalue weighted by molar-refractivity contribution is -0.127. The molecule has 3 aliphatic rings. The van der Waals surface area contributed by atoms with Crippen molar-refractivity contribution in [3.8, 4) is 11.5 Å². The number of hydrogen-bond acceptors (Lipinski definition) is 6. The van der Waals surface area contributed by atoms with Crippen LogP contribution in [0.5, 0.6) is 11.5 Å². The topological polar surface area (TPSA) is 77.7 Å². The first-order valence-corrected chi connectivity index (χ1v) is 9.94. The summed E-state index contributed by atoms with van der Waals surface area (Å²) in [4.78, 5) is 19.1. The largest absolute Gasteiger partial charge is 0.454 e. The Hall–Kier alpha value is -2.83. The molecule has 1 amide bonds. The van der Waals surface area contributed by atoms with Gasteiger partial charge in [0.15, 0.2) is 17.3 Å². The molecule has 3 heterocycles. The molecule has 1 saturated heterocycles. The highest BCUT2D eigenvalue weighted by Gasteiger charge is 2.30. The second-order valence-corrected chi connectivity index (χ2v) is 7.76. The first kappa shape index (κ1) is 17.3. The fourth-order valence-electron chi connectivity index (χ4n) is 3.83. The number of fused-ring (bicyclic) bond motifs is 1. The van der Waals surface area contributed by atoms with E-state index in [0.29, 0.717) is 17.7 Å². The molecule has 2 aromatic rings. The molecule has 1 aromatic carbocycles. The van der Waals surface area contributed by atoms with Gasteiger partial charge in [0.05, 0.1) is 0 Å². The Morgan fingerprint density at radius 2 is 2.11 bits per heavy atom. The van der Waals surface area contributed by atoms with Crippen LogP contribution in [0.2, 0.25) is 0 Å². The van der Waals surface area contributed by atoms with Gasteiger partial charge in [0.25, 0.3) is 0 Å². The number of ether oxygens (including phenoxy) is 2. The molecule has 2 fully saturated rings. The van der Waals surface area contributed by atoms with E-state index in [9.17, 15) is 4.79 Å². The lowest BCUT2D eigenvalue weighted by Crippen LogP contribution is -2.39. The van der Waals surface area contributed by atoms with Gasteiger partial charge in [-0.25, -0.2) is 0 Å². The van der Waals surface area contributed by atoms with Gasteiger partial charge in [-0.2, -0.15) is 4.98 Å². The molecular formula is C21H23N3O4. The minimum absolute atomic E-state index is 0.0339. The smallest absolute Gasteiger partial charge is 0.246 e. The maximum Gasteiger partial charge on any atom is 0.246 e. The quantitative estimate of drug-likeness (QED) is 0.741. The molecule has 146 valence electrons. The molecule has 7 nitrogen and oxygen atoms in total. The normalized spacial score (nSPS) is 21.4. The maximum absolute atomic E-state index is 12.6. The van der Waals surface area contributed by atoms with E-state index in [4.69, 9.17) is 14.0 Å². The summed E-state index contributed by atoms with van der Waals surface area (Å²) in [6, 6.07) is 5.67. The molecule has 7 heteroatoms. The summed E-state index contributed by atoms with van der Waals surface area (Å²) in [6.45, 7) is 1.77. The van der Waals surface area contributed by atoms with Crippen LogP contribution in [0, 0.1) is 5.92 Å². The van der Waals surface area contributed by atoms with Gasteiger partial charge in [0.1, 0.15) is 0 Å². The molecule has 0 radical (unpaired) electrons. The van der Waals surface area contributed by atoms with Gasteiger partial charge in [-0.1, -0.05) is 11.2 Å². The molecule has 2 aliphatic heterocycles. The van der Waals surface area contributed by atoms with Crippen molar-refractivity contribution in [2.45, 2.75) is 38.0 Å². The van der Waals surface area contributed by atoms with Crippen molar-refractivity contribution < 1.29 is 18.8 Å². The second-order valence-electron chi connectivity index (χ2n) is 7.76. The van der Waals surface area contributed by atoms with E-state index >= 15 is 0 Å². The van der Waals surface area contributed by atoms with Crippen LogP contribution >= 0.6 is 0 Å². The lowest BCUT2D eigenvalue weighted by atomic mass is 9.94. The summed E-state index contributed by atoms with van der Waals surface area (Å²) in [5.41, 5.74) is 0.921. The number of amides is 1. The fraction of sp³-hybridized carbons (Fsp3) is 0.476. The zero-order chi connectivity index (χ0) is 18.9. The molecule has 28 heavy (non-hydrogen) atoms. The zero-order valence-electron chi connectivity index (χ0n) is 15.7. The highest BCUT2D eigenvalue weighted by atomic mass is 16.7. The van der Waals surface area contributed by atoms with Gasteiger partial charge in [0, 0.05) is 31.5 Å². The van der Waals surface area contributed by atoms with Crippen LogP contribution in [0.3, 0.4) is 0 Å². The zero-order valence-corrected chi connectivity index (χ0v) is 15.7. The van der Waals surface area contributed by atoms with E-state index in [0.717, 1.165) is 55.2 Å². The number of likely N-dealkylation sites (tertiary alicyclic amines) is 1. The first-order valence-electron chi connectivity index (χ1n) is 9.94. The Morgan fingerprint density at radius 3 is 3.00 bits per heavy atom. The number of benzene rings is 1. The minimum Gasteiger partial charge on any atom is -0.454 e. The minimum atomic E-state index is 0.0339. The molecule has 1 aromatic heterocycles.